The number of aromatic nitrogens is 2. The lowest BCUT2D eigenvalue weighted by molar-refractivity contribution is 0.0517. The summed E-state index contributed by atoms with van der Waals surface area (Å²) in [6, 6.07) is 10.2. The van der Waals surface area contributed by atoms with Gasteiger partial charge in [0.2, 0.25) is 0 Å². The summed E-state index contributed by atoms with van der Waals surface area (Å²) < 4.78 is 6.95. The second-order valence-electron chi connectivity index (χ2n) is 6.11. The van der Waals surface area contributed by atoms with Gasteiger partial charge in [-0.25, -0.2) is 9.78 Å². The van der Waals surface area contributed by atoms with Crippen molar-refractivity contribution in [2.45, 2.75) is 34.2 Å². The number of ether oxygens (including phenoxy) is 1. The first-order valence-corrected chi connectivity index (χ1v) is 8.46. The SMILES string of the molecule is CCOC(=O)c1c(C)nc2c(NCc3c(C)cccc3C)cccn12. The topological polar surface area (TPSA) is 55.6 Å². The number of carbonyl (C=O) groups is 1. The Morgan fingerprint density at radius 3 is 2.56 bits per heavy atom. The molecule has 0 aliphatic heterocycles. The molecule has 1 aromatic carbocycles. The number of benzene rings is 1. The Morgan fingerprint density at radius 1 is 1.16 bits per heavy atom. The van der Waals surface area contributed by atoms with Crippen molar-refractivity contribution in [2.24, 2.45) is 0 Å². The van der Waals surface area contributed by atoms with E-state index in [0.29, 0.717) is 24.5 Å². The first-order chi connectivity index (χ1) is 12.0. The van der Waals surface area contributed by atoms with Crippen molar-refractivity contribution in [2.75, 3.05) is 11.9 Å². The van der Waals surface area contributed by atoms with E-state index in [2.05, 4.69) is 42.3 Å². The number of nitrogens with one attached hydrogen (secondary N) is 1. The molecule has 0 saturated heterocycles. The second kappa shape index (κ2) is 6.97. The Labute approximate surface area is 147 Å². The van der Waals surface area contributed by atoms with Gasteiger partial charge in [0.1, 0.15) is 0 Å². The van der Waals surface area contributed by atoms with Gasteiger partial charge < -0.3 is 10.1 Å². The summed E-state index contributed by atoms with van der Waals surface area (Å²) in [5.74, 6) is -0.348. The highest BCUT2D eigenvalue weighted by molar-refractivity contribution is 5.91. The monoisotopic (exact) mass is 337 g/mol. The van der Waals surface area contributed by atoms with Crippen LogP contribution in [0.1, 0.15) is 39.8 Å². The van der Waals surface area contributed by atoms with Gasteiger partial charge in [0.15, 0.2) is 11.3 Å². The molecule has 0 aliphatic carbocycles. The molecule has 3 aromatic rings. The number of hydrogen-bond acceptors (Lipinski definition) is 4. The smallest absolute Gasteiger partial charge is 0.357 e. The van der Waals surface area contributed by atoms with Gasteiger partial charge >= 0.3 is 5.97 Å². The number of esters is 1. The summed E-state index contributed by atoms with van der Waals surface area (Å²) in [6.45, 7) is 8.91. The molecular weight excluding hydrogens is 314 g/mol. The minimum atomic E-state index is -0.348. The summed E-state index contributed by atoms with van der Waals surface area (Å²) in [7, 11) is 0. The van der Waals surface area contributed by atoms with E-state index >= 15 is 0 Å². The molecule has 0 aliphatic rings. The third-order valence-electron chi connectivity index (χ3n) is 4.39. The zero-order valence-corrected chi connectivity index (χ0v) is 15.1. The minimum absolute atomic E-state index is 0.343. The Balaban J connectivity index is 1.95. The van der Waals surface area contributed by atoms with Crippen LogP contribution in [0.3, 0.4) is 0 Å². The maximum absolute atomic E-state index is 12.2. The zero-order valence-electron chi connectivity index (χ0n) is 15.1. The molecule has 25 heavy (non-hydrogen) atoms. The van der Waals surface area contributed by atoms with Crippen LogP contribution in [0.2, 0.25) is 0 Å². The first-order valence-electron chi connectivity index (χ1n) is 8.46. The lowest BCUT2D eigenvalue weighted by atomic mass is 10.0. The molecule has 0 atom stereocenters. The van der Waals surface area contributed by atoms with Crippen molar-refractivity contribution in [1.82, 2.24) is 9.38 Å². The van der Waals surface area contributed by atoms with E-state index in [1.165, 1.54) is 16.7 Å². The molecule has 5 nitrogen and oxygen atoms in total. The zero-order chi connectivity index (χ0) is 18.0. The van der Waals surface area contributed by atoms with E-state index in [-0.39, 0.29) is 5.97 Å². The third-order valence-corrected chi connectivity index (χ3v) is 4.39. The predicted octanol–water partition coefficient (Wildman–Crippen LogP) is 4.05. The van der Waals surface area contributed by atoms with Crippen LogP contribution in [-0.4, -0.2) is 22.0 Å². The molecular formula is C20H23N3O2. The van der Waals surface area contributed by atoms with Gasteiger partial charge in [0.25, 0.3) is 0 Å². The number of fused-ring (bicyclic) bond motifs is 1. The number of rotatable bonds is 5. The molecule has 0 bridgehead atoms. The first kappa shape index (κ1) is 17.0. The largest absolute Gasteiger partial charge is 0.461 e. The van der Waals surface area contributed by atoms with Crippen LogP contribution in [0.5, 0.6) is 0 Å². The number of nitrogens with zero attached hydrogens (tertiary/aromatic N) is 2. The van der Waals surface area contributed by atoms with Crippen LogP contribution in [0.15, 0.2) is 36.5 Å². The van der Waals surface area contributed by atoms with E-state index in [1.807, 2.05) is 25.3 Å². The maximum atomic E-state index is 12.2. The Bertz CT molecular complexity index is 908. The lowest BCUT2D eigenvalue weighted by Gasteiger charge is -2.12. The van der Waals surface area contributed by atoms with Crippen molar-refractivity contribution in [3.05, 3.63) is 64.6 Å². The molecule has 0 spiro atoms. The highest BCUT2D eigenvalue weighted by atomic mass is 16.5. The summed E-state index contributed by atoms with van der Waals surface area (Å²) in [5, 5.41) is 3.46. The normalized spacial score (nSPS) is 10.9. The fraction of sp³-hybridized carbons (Fsp3) is 0.300. The van der Waals surface area contributed by atoms with Crippen molar-refractivity contribution in [1.29, 1.82) is 0 Å². The standard InChI is InChI=1S/C20H23N3O2/c1-5-25-20(24)18-15(4)22-19-17(10-7-11-23(18)19)21-12-16-13(2)8-6-9-14(16)3/h6-11,21H,5,12H2,1-4H3. The second-order valence-corrected chi connectivity index (χ2v) is 6.11. The van der Waals surface area contributed by atoms with E-state index in [1.54, 1.807) is 11.3 Å². The van der Waals surface area contributed by atoms with Gasteiger partial charge in [0.05, 0.1) is 18.0 Å². The molecule has 130 valence electrons. The van der Waals surface area contributed by atoms with Gasteiger partial charge in [-0.15, -0.1) is 0 Å². The summed E-state index contributed by atoms with van der Waals surface area (Å²) >= 11 is 0. The Hall–Kier alpha value is -2.82. The van der Waals surface area contributed by atoms with Gasteiger partial charge in [-0.05, 0) is 56.5 Å². The molecule has 5 heteroatoms. The molecule has 0 radical (unpaired) electrons. The van der Waals surface area contributed by atoms with Crippen LogP contribution < -0.4 is 5.32 Å². The molecule has 1 N–H and O–H groups in total. The summed E-state index contributed by atoms with van der Waals surface area (Å²) in [6.07, 6.45) is 1.84. The third kappa shape index (κ3) is 3.22. The van der Waals surface area contributed by atoms with Crippen molar-refractivity contribution in [3.63, 3.8) is 0 Å². The Morgan fingerprint density at radius 2 is 1.88 bits per heavy atom. The van der Waals surface area contributed by atoms with Crippen LogP contribution in [-0.2, 0) is 11.3 Å². The van der Waals surface area contributed by atoms with Crippen LogP contribution in [0, 0.1) is 20.8 Å². The number of hydrogen-bond donors (Lipinski definition) is 1. The molecule has 0 fully saturated rings. The number of pyridine rings is 1. The Kier molecular flexibility index (Phi) is 4.74. The molecule has 3 rings (SSSR count). The number of aryl methyl sites for hydroxylation is 3. The molecule has 0 unspecified atom stereocenters. The number of imidazole rings is 1. The molecule has 0 saturated carbocycles. The minimum Gasteiger partial charge on any atom is -0.461 e. The van der Waals surface area contributed by atoms with Gasteiger partial charge in [0, 0.05) is 12.7 Å². The van der Waals surface area contributed by atoms with Crippen molar-refractivity contribution >= 4 is 17.3 Å². The average Bonchev–Trinajstić information content (AvgIpc) is 2.91. The van der Waals surface area contributed by atoms with Crippen LogP contribution in [0.4, 0.5) is 5.69 Å². The van der Waals surface area contributed by atoms with E-state index in [4.69, 9.17) is 4.74 Å². The highest BCUT2D eigenvalue weighted by Gasteiger charge is 2.19. The fourth-order valence-electron chi connectivity index (χ4n) is 3.08. The number of anilines is 1. The quantitative estimate of drug-likeness (QED) is 0.714. The fourth-order valence-corrected chi connectivity index (χ4v) is 3.08. The summed E-state index contributed by atoms with van der Waals surface area (Å²) in [5.41, 5.74) is 6.56. The lowest BCUT2D eigenvalue weighted by Crippen LogP contribution is -2.10. The van der Waals surface area contributed by atoms with Crippen LogP contribution >= 0.6 is 0 Å². The number of carbonyl (C=O) groups excluding carboxylic acids is 1. The van der Waals surface area contributed by atoms with Gasteiger partial charge in [-0.2, -0.15) is 0 Å². The molecule has 2 aromatic heterocycles. The van der Waals surface area contributed by atoms with Gasteiger partial charge in [-0.1, -0.05) is 18.2 Å². The van der Waals surface area contributed by atoms with Crippen molar-refractivity contribution < 1.29 is 9.53 Å². The highest BCUT2D eigenvalue weighted by Crippen LogP contribution is 2.22. The van der Waals surface area contributed by atoms with E-state index < -0.39 is 0 Å². The molecule has 2 heterocycles. The summed E-state index contributed by atoms with van der Waals surface area (Å²) in [4.78, 5) is 16.8. The van der Waals surface area contributed by atoms with Gasteiger partial charge in [-0.3, -0.25) is 4.40 Å². The van der Waals surface area contributed by atoms with E-state index in [0.717, 1.165) is 11.3 Å². The average molecular weight is 337 g/mol. The van der Waals surface area contributed by atoms with Crippen molar-refractivity contribution in [3.8, 4) is 0 Å². The van der Waals surface area contributed by atoms with E-state index in [9.17, 15) is 4.79 Å². The predicted molar refractivity (Wildman–Crippen MR) is 99.1 cm³/mol. The van der Waals surface area contributed by atoms with Crippen LogP contribution in [0.25, 0.3) is 5.65 Å². The molecule has 0 amide bonds. The maximum Gasteiger partial charge on any atom is 0.357 e.